The van der Waals surface area contributed by atoms with Crippen molar-refractivity contribution in [3.05, 3.63) is 0 Å². The van der Waals surface area contributed by atoms with Gasteiger partial charge >= 0.3 is 153 Å². The molecule has 0 fully saturated rings. The third kappa shape index (κ3) is 24.1. The van der Waals surface area contributed by atoms with Crippen LogP contribution in [0.4, 0.5) is 14.4 Å². The molecule has 0 aromatic heterocycles. The summed E-state index contributed by atoms with van der Waals surface area (Å²) in [5.74, 6) is 0. The van der Waals surface area contributed by atoms with Crippen molar-refractivity contribution in [1.29, 1.82) is 0 Å². The van der Waals surface area contributed by atoms with E-state index in [9.17, 15) is 14.4 Å². The number of ether oxygens (including phenoxy) is 2. The minimum Gasteiger partial charge on any atom is -1.00 e. The zero-order chi connectivity index (χ0) is 8.15. The van der Waals surface area contributed by atoms with Crippen molar-refractivity contribution in [2.45, 2.75) is 0 Å². The van der Waals surface area contributed by atoms with Gasteiger partial charge < -0.3 is 28.2 Å². The van der Waals surface area contributed by atoms with Crippen LogP contribution in [0.25, 0.3) is 0 Å². The molecule has 0 bridgehead atoms. The number of carbonyl (C=O) groups excluding carboxylic acids is 1. The van der Waals surface area contributed by atoms with Crippen LogP contribution in [0, 0.1) is 0 Å². The van der Waals surface area contributed by atoms with Gasteiger partial charge in [-0.1, -0.05) is 0 Å². The van der Waals surface area contributed by atoms with E-state index < -0.39 is 18.5 Å². The Morgan fingerprint density at radius 2 is 1.07 bits per heavy atom. The molecule has 7 nitrogen and oxygen atoms in total. The van der Waals surface area contributed by atoms with E-state index in [1.165, 1.54) is 0 Å². The van der Waals surface area contributed by atoms with E-state index >= 15 is 0 Å². The third-order valence-corrected chi connectivity index (χ3v) is 0.341. The second kappa shape index (κ2) is 18.1. The standard InChI is InChI=1S/C3H2O7.2Ca.2Na.6H/c4-1(5)9-3(8)10-2(6)7;;;;;;;;;;/h(H,4,5)(H,6,7);;;;;;;;;;/q;2*+2;2*+1;6*-1. The Bertz CT molecular complexity index is 185. The summed E-state index contributed by atoms with van der Waals surface area (Å²) in [4.78, 5) is 28.8. The molecule has 0 aromatic rings. The first-order valence-corrected chi connectivity index (χ1v) is 1.88. The Kier molecular flexibility index (Phi) is 38.9. The van der Waals surface area contributed by atoms with Gasteiger partial charge in [0.05, 0.1) is 0 Å². The number of carboxylic acid groups (broad SMARTS) is 2. The molecule has 0 radical (unpaired) electrons. The van der Waals surface area contributed by atoms with Crippen molar-refractivity contribution >= 4 is 93.9 Å². The number of carbonyl (C=O) groups is 3. The first kappa shape index (κ1) is 30.1. The molecule has 0 amide bonds. The molecule has 0 aromatic carbocycles. The molecule has 0 heterocycles. The molecule has 0 saturated heterocycles. The molecule has 0 saturated carbocycles. The fraction of sp³-hybridized carbons (Fsp3) is 0. The van der Waals surface area contributed by atoms with Gasteiger partial charge in [-0.3, -0.25) is 0 Å². The van der Waals surface area contributed by atoms with Crippen molar-refractivity contribution in [2.24, 2.45) is 0 Å². The summed E-state index contributed by atoms with van der Waals surface area (Å²) in [5.41, 5.74) is 0. The maximum atomic E-state index is 9.86. The SMILES string of the molecule is O=C(O)OC(=O)OC(=O)O.[Ca+2].[Ca+2].[H-].[H-].[H-].[H-].[H-].[H-].[Na+].[Na+]. The maximum Gasteiger partial charge on any atom is 2.00 e. The van der Waals surface area contributed by atoms with E-state index in [0.29, 0.717) is 0 Å². The molecule has 0 unspecified atom stereocenters. The molecule has 2 N–H and O–H groups in total. The quantitative estimate of drug-likeness (QED) is 0.259. The second-order valence-electron chi connectivity index (χ2n) is 0.986. The Hall–Kier alpha value is 2.73. The van der Waals surface area contributed by atoms with Gasteiger partial charge in [0.25, 0.3) is 0 Å². The van der Waals surface area contributed by atoms with Crippen molar-refractivity contribution in [2.75, 3.05) is 0 Å². The van der Waals surface area contributed by atoms with Gasteiger partial charge in [0.1, 0.15) is 0 Å². The molecular formula is C3H8Ca2Na2O7. The van der Waals surface area contributed by atoms with Crippen LogP contribution in [0.1, 0.15) is 8.56 Å². The molecule has 0 rings (SSSR count). The summed E-state index contributed by atoms with van der Waals surface area (Å²) in [5, 5.41) is 15.4. The van der Waals surface area contributed by atoms with Crippen LogP contribution in [-0.4, -0.2) is 104 Å². The Labute approximate surface area is 192 Å². The Morgan fingerprint density at radius 1 is 0.857 bits per heavy atom. The molecular weight excluding hydrogens is 274 g/mol. The monoisotopic (exact) mass is 282 g/mol. The smallest absolute Gasteiger partial charge is 1.00 e. The summed E-state index contributed by atoms with van der Waals surface area (Å²) in [6.45, 7) is 0. The normalized spacial score (nSPS) is 5.71. The predicted octanol–water partition coefficient (Wildman–Crippen LogP) is -5.58. The average Bonchev–Trinajstić information content (AvgIpc) is 1.58. The summed E-state index contributed by atoms with van der Waals surface area (Å²) in [6, 6.07) is 0. The van der Waals surface area contributed by atoms with Crippen LogP contribution < -0.4 is 59.1 Å². The zero-order valence-corrected chi connectivity index (χ0v) is 16.3. The van der Waals surface area contributed by atoms with Crippen molar-refractivity contribution in [3.8, 4) is 0 Å². The van der Waals surface area contributed by atoms with E-state index in [-0.39, 0.29) is 143 Å². The number of hydrogen-bond acceptors (Lipinski definition) is 5. The van der Waals surface area contributed by atoms with E-state index in [1.54, 1.807) is 0 Å². The van der Waals surface area contributed by atoms with Gasteiger partial charge in [0.15, 0.2) is 0 Å². The van der Waals surface area contributed by atoms with Gasteiger partial charge in [-0.25, -0.2) is 14.4 Å². The van der Waals surface area contributed by atoms with E-state index in [1.807, 2.05) is 0 Å². The van der Waals surface area contributed by atoms with Gasteiger partial charge in [-0.05, 0) is 0 Å². The van der Waals surface area contributed by atoms with Crippen molar-refractivity contribution < 1.29 is 102 Å². The van der Waals surface area contributed by atoms with Crippen LogP contribution in [-0.2, 0) is 9.47 Å². The Balaban J connectivity index is -0.00000000900. The molecule has 0 aliphatic carbocycles. The van der Waals surface area contributed by atoms with E-state index in [0.717, 1.165) is 0 Å². The van der Waals surface area contributed by atoms with Crippen LogP contribution in [0.15, 0.2) is 0 Å². The van der Waals surface area contributed by atoms with Gasteiger partial charge in [-0.15, -0.1) is 0 Å². The molecule has 0 atom stereocenters. The van der Waals surface area contributed by atoms with E-state index in [4.69, 9.17) is 10.2 Å². The molecule has 68 valence electrons. The third-order valence-electron chi connectivity index (χ3n) is 0.341. The minimum atomic E-state index is -1.92. The van der Waals surface area contributed by atoms with Crippen LogP contribution in [0.3, 0.4) is 0 Å². The average molecular weight is 282 g/mol. The second-order valence-corrected chi connectivity index (χ2v) is 0.986. The summed E-state index contributed by atoms with van der Waals surface area (Å²) in [7, 11) is 0. The summed E-state index contributed by atoms with van der Waals surface area (Å²) < 4.78 is 6.47. The molecule has 14 heavy (non-hydrogen) atoms. The first-order chi connectivity index (χ1) is 4.52. The molecule has 0 aliphatic heterocycles. The summed E-state index contributed by atoms with van der Waals surface area (Å²) >= 11 is 0. The van der Waals surface area contributed by atoms with Crippen LogP contribution in [0.5, 0.6) is 0 Å². The van der Waals surface area contributed by atoms with Gasteiger partial charge in [0.2, 0.25) is 0 Å². The van der Waals surface area contributed by atoms with Gasteiger partial charge in [0, 0.05) is 0 Å². The zero-order valence-electron chi connectivity index (χ0n) is 13.8. The molecule has 0 aliphatic rings. The van der Waals surface area contributed by atoms with Gasteiger partial charge in [-0.2, -0.15) is 0 Å². The molecule has 0 spiro atoms. The Morgan fingerprint density at radius 3 is 1.21 bits per heavy atom. The topological polar surface area (TPSA) is 110 Å². The van der Waals surface area contributed by atoms with Crippen LogP contribution in [0.2, 0.25) is 0 Å². The minimum absolute atomic E-state index is 0. The number of hydrogen-bond donors (Lipinski definition) is 2. The number of rotatable bonds is 0. The largest absolute Gasteiger partial charge is 2.00 e. The fourth-order valence-electron chi connectivity index (χ4n) is 0.163. The summed E-state index contributed by atoms with van der Waals surface area (Å²) in [6.07, 6.45) is -5.64. The van der Waals surface area contributed by atoms with E-state index in [2.05, 4.69) is 9.47 Å². The van der Waals surface area contributed by atoms with Crippen molar-refractivity contribution in [1.82, 2.24) is 0 Å². The van der Waals surface area contributed by atoms with Crippen molar-refractivity contribution in [3.63, 3.8) is 0 Å². The predicted molar refractivity (Wildman–Crippen MR) is 41.8 cm³/mol. The molecule has 11 heteroatoms. The fourth-order valence-corrected chi connectivity index (χ4v) is 0.163. The first-order valence-electron chi connectivity index (χ1n) is 1.88. The maximum absolute atomic E-state index is 9.86. The van der Waals surface area contributed by atoms with Crippen LogP contribution >= 0.6 is 0 Å².